The minimum Gasteiger partial charge on any atom is -0.449 e. The van der Waals surface area contributed by atoms with Gasteiger partial charge in [0.1, 0.15) is 6.07 Å². The summed E-state index contributed by atoms with van der Waals surface area (Å²) in [5.74, 6) is -0.957. The number of nitriles is 1. The number of pyridine rings is 1. The number of nitrogens with zero attached hydrogens (tertiary/aromatic N) is 2. The Morgan fingerprint density at radius 3 is 2.50 bits per heavy atom. The molecule has 0 aliphatic heterocycles. The van der Waals surface area contributed by atoms with Gasteiger partial charge in [-0.2, -0.15) is 18.4 Å². The number of hydrogen-bond acceptors (Lipinski definition) is 6. The predicted octanol–water partition coefficient (Wildman–Crippen LogP) is 4.37. The maximum atomic E-state index is 12.8. The molecule has 0 unspecified atom stereocenters. The highest BCUT2D eigenvalue weighted by molar-refractivity contribution is 6.43. The largest absolute Gasteiger partial charge is 0.475 e. The highest BCUT2D eigenvalue weighted by Gasteiger charge is 2.30. The number of aryl methyl sites for hydroxylation is 1. The third-order valence-electron chi connectivity index (χ3n) is 5.61. The molecule has 1 atom stereocenters. The summed E-state index contributed by atoms with van der Waals surface area (Å²) in [5, 5.41) is 31.2. The maximum absolute atomic E-state index is 12.8. The molecule has 0 aliphatic rings. The first-order valence-electron chi connectivity index (χ1n) is 11.6. The summed E-state index contributed by atoms with van der Waals surface area (Å²) >= 11 is 0. The van der Waals surface area contributed by atoms with E-state index in [2.05, 4.69) is 10.3 Å². The number of benzene rings is 2. The van der Waals surface area contributed by atoms with Gasteiger partial charge in [0.05, 0.1) is 29.4 Å². The van der Waals surface area contributed by atoms with Crippen LogP contribution in [0.2, 0.25) is 0 Å². The number of aromatic nitrogens is 1. The van der Waals surface area contributed by atoms with Gasteiger partial charge < -0.3 is 20.1 Å². The number of carbonyl (C=O) groups is 1. The molecule has 0 saturated heterocycles. The average molecular weight is 523 g/mol. The SMILES string of the molecule is Cc1ccc(C[C@H](NC(=O)OCCc2cccc(C=C(C#N)c3ccc(C(F)(F)F)cn3)c2)B(O)O)cc1. The van der Waals surface area contributed by atoms with Gasteiger partial charge in [0, 0.05) is 12.6 Å². The van der Waals surface area contributed by atoms with Gasteiger partial charge in [0.2, 0.25) is 0 Å². The van der Waals surface area contributed by atoms with E-state index in [4.69, 9.17) is 4.74 Å². The molecule has 1 aromatic heterocycles. The zero-order valence-corrected chi connectivity index (χ0v) is 20.4. The van der Waals surface area contributed by atoms with Crippen LogP contribution < -0.4 is 5.32 Å². The Labute approximate surface area is 218 Å². The van der Waals surface area contributed by atoms with Crippen molar-refractivity contribution in [3.8, 4) is 6.07 Å². The van der Waals surface area contributed by atoms with Gasteiger partial charge in [-0.25, -0.2) is 4.79 Å². The van der Waals surface area contributed by atoms with E-state index >= 15 is 0 Å². The van der Waals surface area contributed by atoms with E-state index in [0.717, 1.165) is 28.8 Å². The van der Waals surface area contributed by atoms with Crippen LogP contribution in [0.3, 0.4) is 0 Å². The first-order valence-corrected chi connectivity index (χ1v) is 11.6. The number of alkyl carbamates (subject to hydrolysis) is 1. The van der Waals surface area contributed by atoms with Crippen LogP contribution in [0.5, 0.6) is 0 Å². The van der Waals surface area contributed by atoms with Crippen LogP contribution in [0.15, 0.2) is 66.9 Å². The Bertz CT molecular complexity index is 1300. The van der Waals surface area contributed by atoms with E-state index in [9.17, 15) is 33.3 Å². The maximum Gasteiger partial charge on any atom is 0.475 e. The van der Waals surface area contributed by atoms with Gasteiger partial charge in [-0.1, -0.05) is 54.1 Å². The van der Waals surface area contributed by atoms with Crippen molar-refractivity contribution in [2.45, 2.75) is 31.9 Å². The second-order valence-electron chi connectivity index (χ2n) is 8.58. The van der Waals surface area contributed by atoms with Crippen molar-refractivity contribution in [1.29, 1.82) is 5.26 Å². The van der Waals surface area contributed by atoms with Gasteiger partial charge in [-0.3, -0.25) is 4.98 Å². The van der Waals surface area contributed by atoms with Gasteiger partial charge in [-0.15, -0.1) is 0 Å². The zero-order valence-electron chi connectivity index (χ0n) is 20.4. The molecule has 0 spiro atoms. The molecule has 0 radical (unpaired) electrons. The van der Waals surface area contributed by atoms with Crippen LogP contribution in [-0.4, -0.2) is 40.8 Å². The van der Waals surface area contributed by atoms with Crippen LogP contribution in [0.25, 0.3) is 11.6 Å². The Kier molecular flexibility index (Phi) is 9.65. The monoisotopic (exact) mass is 523 g/mol. The number of amides is 1. The van der Waals surface area contributed by atoms with E-state index in [0.29, 0.717) is 18.2 Å². The molecule has 3 rings (SSSR count). The minimum absolute atomic E-state index is 0.00332. The fourth-order valence-corrected chi connectivity index (χ4v) is 3.55. The Morgan fingerprint density at radius 2 is 1.89 bits per heavy atom. The fourth-order valence-electron chi connectivity index (χ4n) is 3.55. The lowest BCUT2D eigenvalue weighted by atomic mass is 9.76. The smallest absolute Gasteiger partial charge is 0.449 e. The van der Waals surface area contributed by atoms with Gasteiger partial charge >= 0.3 is 19.4 Å². The highest BCUT2D eigenvalue weighted by Crippen LogP contribution is 2.29. The molecule has 2 aromatic carbocycles. The number of carbonyl (C=O) groups excluding carboxylic acids is 1. The predicted molar refractivity (Wildman–Crippen MR) is 136 cm³/mol. The molecular weight excluding hydrogens is 498 g/mol. The third kappa shape index (κ3) is 8.47. The number of allylic oxidation sites excluding steroid dienone is 1. The van der Waals surface area contributed by atoms with Crippen molar-refractivity contribution in [1.82, 2.24) is 10.3 Å². The van der Waals surface area contributed by atoms with Crippen molar-refractivity contribution >= 4 is 24.9 Å². The number of alkyl halides is 3. The third-order valence-corrected chi connectivity index (χ3v) is 5.61. The average Bonchev–Trinajstić information content (AvgIpc) is 2.88. The number of nitrogens with one attached hydrogen (secondary N) is 1. The summed E-state index contributed by atoms with van der Waals surface area (Å²) in [6, 6.07) is 18.4. The second kappa shape index (κ2) is 12.9. The molecule has 0 saturated carbocycles. The summed E-state index contributed by atoms with van der Waals surface area (Å²) < 4.78 is 43.5. The quantitative estimate of drug-likeness (QED) is 0.284. The lowest BCUT2D eigenvalue weighted by molar-refractivity contribution is -0.137. The molecule has 196 valence electrons. The van der Waals surface area contributed by atoms with E-state index in [-0.39, 0.29) is 24.3 Å². The van der Waals surface area contributed by atoms with Crippen molar-refractivity contribution in [2.75, 3.05) is 6.61 Å². The Balaban J connectivity index is 1.57. The molecule has 0 fully saturated rings. The minimum atomic E-state index is -4.52. The van der Waals surface area contributed by atoms with Crippen LogP contribution in [-0.2, 0) is 23.8 Å². The van der Waals surface area contributed by atoms with Gasteiger partial charge in [-0.05, 0) is 48.2 Å². The molecule has 3 aromatic rings. The van der Waals surface area contributed by atoms with Gasteiger partial charge in [0.25, 0.3) is 0 Å². The lowest BCUT2D eigenvalue weighted by Gasteiger charge is -2.18. The summed E-state index contributed by atoms with van der Waals surface area (Å²) in [7, 11) is -1.78. The van der Waals surface area contributed by atoms with Crippen LogP contribution in [0.1, 0.15) is 33.5 Å². The first-order chi connectivity index (χ1) is 18.0. The summed E-state index contributed by atoms with van der Waals surface area (Å²) in [6.07, 6.45) is -2.59. The summed E-state index contributed by atoms with van der Waals surface area (Å²) in [5.41, 5.74) is 2.57. The molecule has 1 heterocycles. The van der Waals surface area contributed by atoms with Crippen molar-refractivity contribution < 1.29 is 32.8 Å². The van der Waals surface area contributed by atoms with Crippen molar-refractivity contribution in [3.05, 3.63) is 100 Å². The standard InChI is InChI=1S/C27H25BF3N3O4/c1-18-5-7-20(8-6-18)15-25(28(36)37)34-26(35)38-12-11-19-3-2-4-21(13-19)14-22(16-32)24-10-9-23(17-33-24)27(29,30)31/h2-10,13-14,17,25,36-37H,11-12,15H2,1H3,(H,34,35)/t25-/m0/s1. The number of hydrogen-bond donors (Lipinski definition) is 3. The topological polar surface area (TPSA) is 115 Å². The van der Waals surface area contributed by atoms with Gasteiger partial charge in [0.15, 0.2) is 0 Å². The lowest BCUT2D eigenvalue weighted by Crippen LogP contribution is -2.48. The normalized spacial score (nSPS) is 12.4. The molecule has 11 heteroatoms. The number of rotatable bonds is 9. The molecule has 7 nitrogen and oxygen atoms in total. The summed E-state index contributed by atoms with van der Waals surface area (Å²) in [4.78, 5) is 16.0. The van der Waals surface area contributed by atoms with E-state index in [1.165, 1.54) is 6.08 Å². The zero-order chi connectivity index (χ0) is 27.7. The van der Waals surface area contributed by atoms with Crippen molar-refractivity contribution in [2.24, 2.45) is 0 Å². The molecule has 0 aliphatic carbocycles. The number of halogens is 3. The molecule has 38 heavy (non-hydrogen) atoms. The molecular formula is C27H25BF3N3O4. The fraction of sp³-hybridized carbons (Fsp3) is 0.222. The van der Waals surface area contributed by atoms with E-state index < -0.39 is 30.9 Å². The van der Waals surface area contributed by atoms with Crippen LogP contribution in [0.4, 0.5) is 18.0 Å². The van der Waals surface area contributed by atoms with Crippen LogP contribution in [0, 0.1) is 18.3 Å². The molecule has 1 amide bonds. The van der Waals surface area contributed by atoms with Crippen molar-refractivity contribution in [3.63, 3.8) is 0 Å². The molecule has 3 N–H and O–H groups in total. The Hall–Kier alpha value is -4.14. The highest BCUT2D eigenvalue weighted by atomic mass is 19.4. The van der Waals surface area contributed by atoms with Crippen LogP contribution >= 0.6 is 0 Å². The van der Waals surface area contributed by atoms with E-state index in [1.807, 2.05) is 37.3 Å². The summed E-state index contributed by atoms with van der Waals surface area (Å²) in [6.45, 7) is 1.94. The van der Waals surface area contributed by atoms with E-state index in [1.54, 1.807) is 24.3 Å². The number of ether oxygens (including phenoxy) is 1. The first kappa shape index (κ1) is 28.4. The Morgan fingerprint density at radius 1 is 1.16 bits per heavy atom. The molecule has 0 bridgehead atoms. The second-order valence-corrected chi connectivity index (χ2v) is 8.58.